The number of hydrogen-bond acceptors (Lipinski definition) is 4. The fourth-order valence-corrected chi connectivity index (χ4v) is 3.11. The summed E-state index contributed by atoms with van der Waals surface area (Å²) in [7, 11) is 1.88. The Morgan fingerprint density at radius 2 is 2.34 bits per heavy atom. The number of aromatic nitrogens is 2. The highest BCUT2D eigenvalue weighted by Crippen LogP contribution is 2.21. The van der Waals surface area contributed by atoms with E-state index in [1.165, 1.54) is 0 Å². The van der Waals surface area contributed by atoms with E-state index in [9.17, 15) is 4.79 Å². The molecule has 2 aromatic rings. The van der Waals surface area contributed by atoms with Crippen molar-refractivity contribution >= 4 is 17.6 Å². The number of aliphatic imine (C=N–C) groups is 1. The summed E-state index contributed by atoms with van der Waals surface area (Å²) in [5, 5.41) is 10.3. The molecule has 0 spiro atoms. The van der Waals surface area contributed by atoms with Crippen molar-refractivity contribution in [2.45, 2.75) is 13.0 Å². The first kappa shape index (κ1) is 20.4. The molecule has 1 fully saturated rings. The highest BCUT2D eigenvalue weighted by molar-refractivity contribution is 5.94. The van der Waals surface area contributed by atoms with Crippen molar-refractivity contribution < 1.29 is 9.53 Å². The Kier molecular flexibility index (Phi) is 6.87. The average Bonchev–Trinajstić information content (AvgIpc) is 3.17. The third-order valence-electron chi connectivity index (χ3n) is 4.48. The van der Waals surface area contributed by atoms with Crippen LogP contribution < -0.4 is 10.6 Å². The van der Waals surface area contributed by atoms with Gasteiger partial charge in [0.15, 0.2) is 5.96 Å². The number of anilines is 1. The molecule has 3 rings (SSSR count). The Labute approximate surface area is 170 Å². The fourth-order valence-electron chi connectivity index (χ4n) is 3.11. The number of guanidine groups is 1. The minimum Gasteiger partial charge on any atom is -0.370 e. The monoisotopic (exact) mass is 394 g/mol. The van der Waals surface area contributed by atoms with Gasteiger partial charge in [-0.2, -0.15) is 5.10 Å². The molecular formula is C21H26N6O2. The van der Waals surface area contributed by atoms with Crippen LogP contribution in [0.4, 0.5) is 5.69 Å². The van der Waals surface area contributed by atoms with Crippen LogP contribution >= 0.6 is 0 Å². The Hall–Kier alpha value is -3.31. The van der Waals surface area contributed by atoms with E-state index in [0.29, 0.717) is 37.9 Å². The first-order valence-corrected chi connectivity index (χ1v) is 9.59. The maximum absolute atomic E-state index is 12.3. The standard InChI is InChI=1S/C21H26N6O2/c1-4-16-7-6-8-18(11-16)25-20(28)13-23-21(22-5-2)27-9-10-29-19(15-27)17-12-24-26(3)14-17/h1,6-8,11-12,14,19H,5,9-10,13,15H2,2-3H3,(H,22,23)(H,25,28). The second-order valence-corrected chi connectivity index (χ2v) is 6.70. The van der Waals surface area contributed by atoms with Crippen LogP contribution in [0.2, 0.25) is 0 Å². The van der Waals surface area contributed by atoms with Crippen LogP contribution in [0.1, 0.15) is 24.2 Å². The summed E-state index contributed by atoms with van der Waals surface area (Å²) in [5.74, 6) is 3.05. The van der Waals surface area contributed by atoms with Gasteiger partial charge in [0.05, 0.1) is 19.3 Å². The summed E-state index contributed by atoms with van der Waals surface area (Å²) in [6.45, 7) is 4.64. The Morgan fingerprint density at radius 1 is 1.48 bits per heavy atom. The van der Waals surface area contributed by atoms with Crippen molar-refractivity contribution in [1.82, 2.24) is 20.0 Å². The summed E-state index contributed by atoms with van der Waals surface area (Å²) in [6.07, 6.45) is 9.09. The number of rotatable bonds is 5. The van der Waals surface area contributed by atoms with Gasteiger partial charge in [-0.25, -0.2) is 4.99 Å². The molecule has 8 nitrogen and oxygen atoms in total. The van der Waals surface area contributed by atoms with Gasteiger partial charge in [0.1, 0.15) is 12.6 Å². The first-order chi connectivity index (χ1) is 14.1. The number of terminal acetylenes is 1. The van der Waals surface area contributed by atoms with Crippen LogP contribution in [-0.2, 0) is 16.6 Å². The van der Waals surface area contributed by atoms with Crippen LogP contribution in [0, 0.1) is 12.3 Å². The summed E-state index contributed by atoms with van der Waals surface area (Å²) in [6, 6.07) is 7.18. The largest absolute Gasteiger partial charge is 0.370 e. The zero-order chi connectivity index (χ0) is 20.6. The molecule has 1 aromatic heterocycles. The van der Waals surface area contributed by atoms with E-state index in [-0.39, 0.29) is 18.6 Å². The predicted molar refractivity (Wildman–Crippen MR) is 112 cm³/mol. The highest BCUT2D eigenvalue weighted by atomic mass is 16.5. The van der Waals surface area contributed by atoms with Gasteiger partial charge < -0.3 is 20.3 Å². The highest BCUT2D eigenvalue weighted by Gasteiger charge is 2.25. The van der Waals surface area contributed by atoms with Gasteiger partial charge in [-0.05, 0) is 25.1 Å². The molecule has 0 bridgehead atoms. The molecule has 0 saturated carbocycles. The number of hydrogen-bond donors (Lipinski definition) is 2. The molecule has 1 saturated heterocycles. The van der Waals surface area contributed by atoms with Gasteiger partial charge in [0, 0.05) is 43.1 Å². The van der Waals surface area contributed by atoms with Crippen LogP contribution in [0.5, 0.6) is 0 Å². The maximum atomic E-state index is 12.3. The fraction of sp³-hybridized carbons (Fsp3) is 0.381. The third kappa shape index (κ3) is 5.59. The van der Waals surface area contributed by atoms with E-state index in [4.69, 9.17) is 11.2 Å². The predicted octanol–water partition coefficient (Wildman–Crippen LogP) is 1.38. The van der Waals surface area contributed by atoms with E-state index in [1.54, 1.807) is 16.8 Å². The molecule has 1 aliphatic heterocycles. The van der Waals surface area contributed by atoms with Gasteiger partial charge in [0.25, 0.3) is 0 Å². The van der Waals surface area contributed by atoms with Gasteiger partial charge >= 0.3 is 0 Å². The molecule has 2 heterocycles. The zero-order valence-electron chi connectivity index (χ0n) is 16.8. The molecule has 0 aliphatic carbocycles. The summed E-state index contributed by atoms with van der Waals surface area (Å²) < 4.78 is 7.65. The molecule has 8 heteroatoms. The molecule has 29 heavy (non-hydrogen) atoms. The number of carbonyl (C=O) groups excluding carboxylic acids is 1. The van der Waals surface area contributed by atoms with Crippen molar-refractivity contribution in [3.05, 3.63) is 47.8 Å². The minimum absolute atomic E-state index is 0.0114. The number of benzene rings is 1. The molecule has 1 aromatic carbocycles. The number of nitrogens with zero attached hydrogens (tertiary/aromatic N) is 4. The SMILES string of the molecule is C#Cc1cccc(NC(=O)CN=C(NCC)N2CCOC(c3cnn(C)c3)C2)c1. The number of amides is 1. The Morgan fingerprint density at radius 3 is 3.07 bits per heavy atom. The van der Waals surface area contributed by atoms with Gasteiger partial charge in [-0.3, -0.25) is 9.48 Å². The van der Waals surface area contributed by atoms with Crippen LogP contribution in [0.25, 0.3) is 0 Å². The molecule has 0 radical (unpaired) electrons. The first-order valence-electron chi connectivity index (χ1n) is 9.59. The molecule has 1 atom stereocenters. The lowest BCUT2D eigenvalue weighted by molar-refractivity contribution is -0.114. The Bertz CT molecular complexity index is 914. The third-order valence-corrected chi connectivity index (χ3v) is 4.48. The van der Waals surface area contributed by atoms with Gasteiger partial charge in [-0.15, -0.1) is 6.42 Å². The lowest BCUT2D eigenvalue weighted by atomic mass is 10.1. The molecule has 1 aliphatic rings. The number of morpholine rings is 1. The zero-order valence-corrected chi connectivity index (χ0v) is 16.8. The summed E-state index contributed by atoms with van der Waals surface area (Å²) in [5.41, 5.74) is 2.40. The minimum atomic E-state index is -0.202. The summed E-state index contributed by atoms with van der Waals surface area (Å²) >= 11 is 0. The number of aryl methyl sites for hydroxylation is 1. The second-order valence-electron chi connectivity index (χ2n) is 6.70. The van der Waals surface area contributed by atoms with Crippen LogP contribution in [0.15, 0.2) is 41.7 Å². The average molecular weight is 394 g/mol. The topological polar surface area (TPSA) is 83.8 Å². The normalized spacial score (nSPS) is 16.9. The van der Waals surface area contributed by atoms with E-state index >= 15 is 0 Å². The van der Waals surface area contributed by atoms with Gasteiger partial charge in [0.2, 0.25) is 5.91 Å². The number of nitrogens with one attached hydrogen (secondary N) is 2. The Balaban J connectivity index is 1.64. The van der Waals surface area contributed by atoms with Crippen molar-refractivity contribution in [3.8, 4) is 12.3 Å². The molecular weight excluding hydrogens is 368 g/mol. The number of ether oxygens (including phenoxy) is 1. The van der Waals surface area contributed by atoms with Crippen LogP contribution in [0.3, 0.4) is 0 Å². The molecule has 1 unspecified atom stereocenters. The van der Waals surface area contributed by atoms with Crippen molar-refractivity contribution in [3.63, 3.8) is 0 Å². The van der Waals surface area contributed by atoms with Crippen molar-refractivity contribution in [1.29, 1.82) is 0 Å². The van der Waals surface area contributed by atoms with Crippen molar-refractivity contribution in [2.75, 3.05) is 38.1 Å². The molecule has 1 amide bonds. The van der Waals surface area contributed by atoms with E-state index in [1.807, 2.05) is 38.5 Å². The van der Waals surface area contributed by atoms with E-state index in [0.717, 1.165) is 11.1 Å². The molecule has 2 N–H and O–H groups in total. The number of carbonyl (C=O) groups is 1. The smallest absolute Gasteiger partial charge is 0.246 e. The molecule has 152 valence electrons. The van der Waals surface area contributed by atoms with E-state index in [2.05, 4.69) is 31.5 Å². The lowest BCUT2D eigenvalue weighted by Crippen LogP contribution is -2.48. The van der Waals surface area contributed by atoms with Gasteiger partial charge in [-0.1, -0.05) is 12.0 Å². The quantitative estimate of drug-likeness (QED) is 0.455. The van der Waals surface area contributed by atoms with E-state index < -0.39 is 0 Å². The lowest BCUT2D eigenvalue weighted by Gasteiger charge is -2.34. The van der Waals surface area contributed by atoms with Crippen LogP contribution in [-0.4, -0.2) is 59.3 Å². The summed E-state index contributed by atoms with van der Waals surface area (Å²) in [4.78, 5) is 19.0. The maximum Gasteiger partial charge on any atom is 0.246 e. The second kappa shape index (κ2) is 9.75. The van der Waals surface area contributed by atoms with Crippen molar-refractivity contribution in [2.24, 2.45) is 12.0 Å².